The molecule has 0 aliphatic carbocycles. The van der Waals surface area contributed by atoms with E-state index >= 15 is 0 Å². The van der Waals surface area contributed by atoms with Gasteiger partial charge in [0.15, 0.2) is 0 Å². The number of rotatable bonds is 9. The molecule has 0 spiro atoms. The average Bonchev–Trinajstić information content (AvgIpc) is 2.87. The number of hydrogen-bond donors (Lipinski definition) is 2. The quantitative estimate of drug-likeness (QED) is 0.273. The molecule has 0 radical (unpaired) electrons. The number of aryl methyl sites for hydroxylation is 1. The van der Waals surface area contributed by atoms with Crippen LogP contribution in [0.2, 0.25) is 0 Å². The van der Waals surface area contributed by atoms with Crippen LogP contribution in [-0.4, -0.2) is 13.1 Å². The van der Waals surface area contributed by atoms with E-state index in [9.17, 15) is 0 Å². The van der Waals surface area contributed by atoms with E-state index in [0.29, 0.717) is 0 Å². The largest absolute Gasteiger partial charge is 0.372 e. The molecule has 2 N–H and O–H groups in total. The Bertz CT molecular complexity index is 966. The van der Waals surface area contributed by atoms with Gasteiger partial charge in [-0.3, -0.25) is 0 Å². The van der Waals surface area contributed by atoms with Crippen molar-refractivity contribution in [1.29, 1.82) is 0 Å². The van der Waals surface area contributed by atoms with Crippen LogP contribution in [0.3, 0.4) is 0 Å². The van der Waals surface area contributed by atoms with Gasteiger partial charge in [-0.25, -0.2) is 0 Å². The van der Waals surface area contributed by atoms with Gasteiger partial charge < -0.3 is 15.8 Å². The number of hydrazine groups is 1. The first-order chi connectivity index (χ1) is 15.8. The minimum absolute atomic E-state index is 1.04. The monoisotopic (exact) mass is 425 g/mol. The van der Waals surface area contributed by atoms with Crippen molar-refractivity contribution in [3.05, 3.63) is 89.5 Å². The molecular formula is C29H35N3. The second-order valence-electron chi connectivity index (χ2n) is 8.65. The van der Waals surface area contributed by atoms with Crippen molar-refractivity contribution in [3.63, 3.8) is 0 Å². The van der Waals surface area contributed by atoms with Crippen molar-refractivity contribution in [3.8, 4) is 0 Å². The molecule has 1 fully saturated rings. The Morgan fingerprint density at radius 1 is 0.688 bits per heavy atom. The topological polar surface area (TPSA) is 27.3 Å². The van der Waals surface area contributed by atoms with E-state index in [1.54, 1.807) is 0 Å². The summed E-state index contributed by atoms with van der Waals surface area (Å²) in [6.07, 6.45) is 12.0. The zero-order chi connectivity index (χ0) is 22.0. The molecule has 0 saturated carbocycles. The van der Waals surface area contributed by atoms with Crippen LogP contribution in [0.25, 0.3) is 12.2 Å². The predicted octanol–water partition coefficient (Wildman–Crippen LogP) is 7.63. The molecule has 3 nitrogen and oxygen atoms in total. The number of nitrogens with zero attached hydrogens (tertiary/aromatic N) is 1. The fourth-order valence-corrected chi connectivity index (χ4v) is 4.10. The van der Waals surface area contributed by atoms with Gasteiger partial charge in [-0.2, -0.15) is 0 Å². The van der Waals surface area contributed by atoms with Crippen LogP contribution in [0, 0.1) is 0 Å². The molecule has 166 valence electrons. The van der Waals surface area contributed by atoms with Gasteiger partial charge in [-0.05, 0) is 85.2 Å². The molecule has 1 aliphatic heterocycles. The highest BCUT2D eigenvalue weighted by Crippen LogP contribution is 2.22. The summed E-state index contributed by atoms with van der Waals surface area (Å²) in [6, 6.07) is 26.1. The molecule has 1 aliphatic rings. The maximum atomic E-state index is 3.30. The molecule has 1 heterocycles. The third kappa shape index (κ3) is 6.40. The molecule has 4 rings (SSSR count). The van der Waals surface area contributed by atoms with Crippen molar-refractivity contribution in [2.45, 2.75) is 45.4 Å². The van der Waals surface area contributed by atoms with Crippen LogP contribution in [0.15, 0.2) is 72.8 Å². The number of hydrogen-bond acceptors (Lipinski definition) is 3. The van der Waals surface area contributed by atoms with E-state index in [2.05, 4.69) is 108 Å². The molecule has 0 atom stereocenters. The minimum atomic E-state index is 1.04. The van der Waals surface area contributed by atoms with Crippen molar-refractivity contribution in [1.82, 2.24) is 0 Å². The van der Waals surface area contributed by atoms with Crippen molar-refractivity contribution < 1.29 is 0 Å². The van der Waals surface area contributed by atoms with Crippen LogP contribution in [0.1, 0.15) is 55.7 Å². The first-order valence-corrected chi connectivity index (χ1v) is 12.0. The van der Waals surface area contributed by atoms with Crippen molar-refractivity contribution in [2.24, 2.45) is 0 Å². The number of nitrogens with one attached hydrogen (secondary N) is 2. The molecule has 32 heavy (non-hydrogen) atoms. The second kappa shape index (κ2) is 11.4. The second-order valence-corrected chi connectivity index (χ2v) is 8.65. The fraction of sp³-hybridized carbons (Fsp3) is 0.310. The van der Waals surface area contributed by atoms with Crippen LogP contribution < -0.4 is 15.8 Å². The lowest BCUT2D eigenvalue weighted by Gasteiger charge is -2.28. The number of piperidine rings is 1. The molecule has 0 aromatic heterocycles. The van der Waals surface area contributed by atoms with Crippen molar-refractivity contribution >= 4 is 29.2 Å². The molecular weight excluding hydrogens is 390 g/mol. The van der Waals surface area contributed by atoms with Crippen LogP contribution in [0.4, 0.5) is 17.1 Å². The molecule has 3 heteroatoms. The Labute approximate surface area is 193 Å². The Morgan fingerprint density at radius 3 is 1.78 bits per heavy atom. The predicted molar refractivity (Wildman–Crippen MR) is 140 cm³/mol. The number of unbranched alkanes of at least 4 members (excludes halogenated alkanes) is 1. The summed E-state index contributed by atoms with van der Waals surface area (Å²) in [5.41, 5.74) is 13.9. The highest BCUT2D eigenvalue weighted by Gasteiger charge is 2.10. The fourth-order valence-electron chi connectivity index (χ4n) is 4.10. The Hall–Kier alpha value is -3.20. The third-order valence-electron chi connectivity index (χ3n) is 6.12. The first-order valence-electron chi connectivity index (χ1n) is 12.0. The lowest BCUT2D eigenvalue weighted by molar-refractivity contribution is 0.578. The molecule has 0 bridgehead atoms. The van der Waals surface area contributed by atoms with E-state index in [1.165, 1.54) is 74.0 Å². The van der Waals surface area contributed by atoms with Gasteiger partial charge in [0.25, 0.3) is 0 Å². The maximum absolute atomic E-state index is 3.30. The van der Waals surface area contributed by atoms with Gasteiger partial charge in [0.2, 0.25) is 0 Å². The Kier molecular flexibility index (Phi) is 7.86. The summed E-state index contributed by atoms with van der Waals surface area (Å²) in [5, 5.41) is 0. The van der Waals surface area contributed by atoms with Gasteiger partial charge in [-0.1, -0.05) is 61.9 Å². The normalized spacial score (nSPS) is 14.0. The smallest absolute Gasteiger partial charge is 0.0541 e. The zero-order valence-electron chi connectivity index (χ0n) is 19.2. The summed E-state index contributed by atoms with van der Waals surface area (Å²) in [7, 11) is 0. The minimum Gasteiger partial charge on any atom is -0.372 e. The Morgan fingerprint density at radius 2 is 1.22 bits per heavy atom. The summed E-state index contributed by atoms with van der Waals surface area (Å²) in [4.78, 5) is 2.48. The lowest BCUT2D eigenvalue weighted by Crippen LogP contribution is -2.29. The zero-order valence-corrected chi connectivity index (χ0v) is 19.2. The van der Waals surface area contributed by atoms with Crippen LogP contribution >= 0.6 is 0 Å². The lowest BCUT2D eigenvalue weighted by atomic mass is 10.1. The molecule has 0 amide bonds. The van der Waals surface area contributed by atoms with Gasteiger partial charge >= 0.3 is 0 Å². The summed E-state index contributed by atoms with van der Waals surface area (Å²) in [6.45, 7) is 4.59. The first kappa shape index (κ1) is 22.0. The van der Waals surface area contributed by atoms with E-state index in [0.717, 1.165) is 11.4 Å². The summed E-state index contributed by atoms with van der Waals surface area (Å²) < 4.78 is 0. The summed E-state index contributed by atoms with van der Waals surface area (Å²) in [5.74, 6) is 0. The summed E-state index contributed by atoms with van der Waals surface area (Å²) >= 11 is 0. The SMILES string of the molecule is CCCCc1ccc(/C=C/c2ccc(NNc3ccc(N4CCCCC4)cc3)cc2)cc1. The number of anilines is 3. The maximum Gasteiger partial charge on any atom is 0.0541 e. The standard InChI is InChI=1S/C29H35N3/c1-2-3-7-24-8-10-25(11-9-24)12-13-26-14-16-27(17-15-26)30-31-28-18-20-29(21-19-28)32-22-5-4-6-23-32/h8-21,30-31H,2-7,22-23H2,1H3/b13-12+. The van der Waals surface area contributed by atoms with Gasteiger partial charge in [-0.15, -0.1) is 0 Å². The highest BCUT2D eigenvalue weighted by molar-refractivity contribution is 5.70. The molecule has 3 aromatic rings. The molecule has 3 aromatic carbocycles. The molecule has 1 saturated heterocycles. The van der Waals surface area contributed by atoms with E-state index < -0.39 is 0 Å². The van der Waals surface area contributed by atoms with Crippen LogP contribution in [-0.2, 0) is 6.42 Å². The van der Waals surface area contributed by atoms with E-state index in [-0.39, 0.29) is 0 Å². The van der Waals surface area contributed by atoms with E-state index in [1.807, 2.05) is 0 Å². The van der Waals surface area contributed by atoms with E-state index in [4.69, 9.17) is 0 Å². The van der Waals surface area contributed by atoms with Gasteiger partial charge in [0, 0.05) is 18.8 Å². The Balaban J connectivity index is 1.26. The number of benzene rings is 3. The molecule has 0 unspecified atom stereocenters. The van der Waals surface area contributed by atoms with Gasteiger partial charge in [0.1, 0.15) is 0 Å². The van der Waals surface area contributed by atoms with Crippen molar-refractivity contribution in [2.75, 3.05) is 28.8 Å². The highest BCUT2D eigenvalue weighted by atomic mass is 15.4. The average molecular weight is 426 g/mol. The van der Waals surface area contributed by atoms with Crippen LogP contribution in [0.5, 0.6) is 0 Å². The van der Waals surface area contributed by atoms with Gasteiger partial charge in [0.05, 0.1) is 11.4 Å². The third-order valence-corrected chi connectivity index (χ3v) is 6.12.